The van der Waals surface area contributed by atoms with E-state index in [4.69, 9.17) is 10.5 Å². The first-order valence-corrected chi connectivity index (χ1v) is 7.32. The van der Waals surface area contributed by atoms with Crippen LogP contribution in [0.5, 0.6) is 0 Å². The molecule has 19 heavy (non-hydrogen) atoms. The smallest absolute Gasteiger partial charge is 0.0713 e. The van der Waals surface area contributed by atoms with Gasteiger partial charge in [0.15, 0.2) is 0 Å². The van der Waals surface area contributed by atoms with Gasteiger partial charge in [-0.2, -0.15) is 0 Å². The quantitative estimate of drug-likeness (QED) is 0.874. The molecule has 1 aromatic carbocycles. The summed E-state index contributed by atoms with van der Waals surface area (Å²) in [5, 5.41) is 0. The number of rotatable bonds is 5. The summed E-state index contributed by atoms with van der Waals surface area (Å²) >= 11 is 0. The lowest BCUT2D eigenvalue weighted by molar-refractivity contribution is 0.185. The average Bonchev–Trinajstić information content (AvgIpc) is 2.48. The molecule has 1 aliphatic carbocycles. The van der Waals surface area contributed by atoms with Crippen LogP contribution >= 0.6 is 0 Å². The topological polar surface area (TPSA) is 35.2 Å². The van der Waals surface area contributed by atoms with E-state index < -0.39 is 0 Å². The van der Waals surface area contributed by atoms with E-state index in [1.54, 1.807) is 7.11 Å². The van der Waals surface area contributed by atoms with Crippen molar-refractivity contribution in [3.63, 3.8) is 0 Å². The predicted octanol–water partition coefficient (Wildman–Crippen LogP) is 3.76. The van der Waals surface area contributed by atoms with Crippen LogP contribution in [-0.2, 0) is 11.3 Å². The number of nitrogens with two attached hydrogens (primary N) is 1. The van der Waals surface area contributed by atoms with E-state index in [0.717, 1.165) is 0 Å². The number of ether oxygens (including phenoxy) is 1. The number of methoxy groups -OCH3 is 1. The van der Waals surface area contributed by atoms with Crippen molar-refractivity contribution in [2.24, 2.45) is 11.7 Å². The molecule has 1 fully saturated rings. The summed E-state index contributed by atoms with van der Waals surface area (Å²) in [7, 11) is 1.73. The third-order valence-electron chi connectivity index (χ3n) is 4.01. The zero-order chi connectivity index (χ0) is 13.5. The fourth-order valence-corrected chi connectivity index (χ4v) is 2.91. The zero-order valence-corrected chi connectivity index (χ0v) is 11.9. The minimum Gasteiger partial charge on any atom is -0.380 e. The molecule has 0 heterocycles. The lowest BCUT2D eigenvalue weighted by Gasteiger charge is -2.24. The second-order valence-electron chi connectivity index (χ2n) is 5.43. The van der Waals surface area contributed by atoms with Crippen LogP contribution in [0.25, 0.3) is 6.08 Å². The molecular formula is C17H25NO. The monoisotopic (exact) mass is 259 g/mol. The highest BCUT2D eigenvalue weighted by Crippen LogP contribution is 2.30. The Balaban J connectivity index is 2.07. The van der Waals surface area contributed by atoms with Crippen LogP contribution in [-0.4, -0.2) is 13.7 Å². The van der Waals surface area contributed by atoms with Crippen LogP contribution in [0.3, 0.4) is 0 Å². The SMILES string of the molecule is COCc1ccc(C=C(CN)C2CCCCC2)cc1. The second kappa shape index (κ2) is 7.46. The summed E-state index contributed by atoms with van der Waals surface area (Å²) in [5.74, 6) is 0.706. The van der Waals surface area contributed by atoms with E-state index in [2.05, 4.69) is 30.3 Å². The zero-order valence-electron chi connectivity index (χ0n) is 11.9. The van der Waals surface area contributed by atoms with Crippen molar-refractivity contribution in [1.82, 2.24) is 0 Å². The summed E-state index contributed by atoms with van der Waals surface area (Å²) in [5.41, 5.74) is 9.83. The van der Waals surface area contributed by atoms with Gasteiger partial charge in [-0.3, -0.25) is 0 Å². The summed E-state index contributed by atoms with van der Waals surface area (Å²) in [4.78, 5) is 0. The molecule has 0 aromatic heterocycles. The molecule has 2 rings (SSSR count). The molecule has 104 valence electrons. The maximum atomic E-state index is 5.94. The normalized spacial score (nSPS) is 17.7. The average molecular weight is 259 g/mol. The van der Waals surface area contributed by atoms with Crippen LogP contribution in [0, 0.1) is 5.92 Å². The number of hydrogen-bond acceptors (Lipinski definition) is 2. The molecule has 1 saturated carbocycles. The van der Waals surface area contributed by atoms with E-state index in [0.29, 0.717) is 19.1 Å². The Morgan fingerprint density at radius 2 is 1.89 bits per heavy atom. The van der Waals surface area contributed by atoms with E-state index in [1.165, 1.54) is 48.8 Å². The highest BCUT2D eigenvalue weighted by atomic mass is 16.5. The van der Waals surface area contributed by atoms with Gasteiger partial charge in [0.05, 0.1) is 6.61 Å². The summed E-state index contributed by atoms with van der Waals surface area (Å²) in [6.07, 6.45) is 9.01. The van der Waals surface area contributed by atoms with Crippen LogP contribution in [0.15, 0.2) is 29.8 Å². The number of benzene rings is 1. The lowest BCUT2D eigenvalue weighted by Crippen LogP contribution is -2.16. The molecule has 1 aliphatic rings. The first kappa shape index (κ1) is 14.3. The molecule has 0 atom stereocenters. The molecule has 0 saturated heterocycles. The van der Waals surface area contributed by atoms with Gasteiger partial charge in [-0.1, -0.05) is 55.2 Å². The minimum atomic E-state index is 0.677. The molecule has 2 N–H and O–H groups in total. The van der Waals surface area contributed by atoms with E-state index >= 15 is 0 Å². The highest BCUT2D eigenvalue weighted by molar-refractivity contribution is 5.54. The molecule has 0 bridgehead atoms. The van der Waals surface area contributed by atoms with E-state index in [1.807, 2.05) is 0 Å². The van der Waals surface area contributed by atoms with Crippen molar-refractivity contribution in [3.05, 3.63) is 41.0 Å². The first-order valence-electron chi connectivity index (χ1n) is 7.32. The third kappa shape index (κ3) is 4.19. The standard InChI is InChI=1S/C17H25NO/c1-19-13-15-9-7-14(8-10-15)11-17(12-18)16-5-3-2-4-6-16/h7-11,16H,2-6,12-13,18H2,1H3. The van der Waals surface area contributed by atoms with Gasteiger partial charge in [-0.15, -0.1) is 0 Å². The fraction of sp³-hybridized carbons (Fsp3) is 0.529. The van der Waals surface area contributed by atoms with E-state index in [9.17, 15) is 0 Å². The lowest BCUT2D eigenvalue weighted by atomic mass is 9.83. The Hall–Kier alpha value is -1.12. The summed E-state index contributed by atoms with van der Waals surface area (Å²) in [6.45, 7) is 1.36. The number of hydrogen-bond donors (Lipinski definition) is 1. The molecule has 0 amide bonds. The minimum absolute atomic E-state index is 0.677. The Morgan fingerprint density at radius 1 is 1.21 bits per heavy atom. The molecule has 2 nitrogen and oxygen atoms in total. The Morgan fingerprint density at radius 3 is 2.47 bits per heavy atom. The molecular weight excluding hydrogens is 234 g/mol. The van der Waals surface area contributed by atoms with Gasteiger partial charge in [-0.25, -0.2) is 0 Å². The van der Waals surface area contributed by atoms with Gasteiger partial charge in [0, 0.05) is 13.7 Å². The molecule has 0 radical (unpaired) electrons. The molecule has 0 spiro atoms. The van der Waals surface area contributed by atoms with Gasteiger partial charge in [0.25, 0.3) is 0 Å². The van der Waals surface area contributed by atoms with Crippen molar-refractivity contribution in [3.8, 4) is 0 Å². The van der Waals surface area contributed by atoms with Crippen molar-refractivity contribution in [2.75, 3.05) is 13.7 Å². The first-order chi connectivity index (χ1) is 9.33. The van der Waals surface area contributed by atoms with Crippen molar-refractivity contribution < 1.29 is 4.74 Å². The van der Waals surface area contributed by atoms with Gasteiger partial charge in [0.2, 0.25) is 0 Å². The molecule has 1 aromatic rings. The highest BCUT2D eigenvalue weighted by Gasteiger charge is 2.16. The Bertz CT molecular complexity index is 402. The van der Waals surface area contributed by atoms with Gasteiger partial charge >= 0.3 is 0 Å². The predicted molar refractivity (Wildman–Crippen MR) is 80.8 cm³/mol. The largest absolute Gasteiger partial charge is 0.380 e. The summed E-state index contributed by atoms with van der Waals surface area (Å²) in [6, 6.07) is 8.58. The van der Waals surface area contributed by atoms with Crippen LogP contribution in [0.2, 0.25) is 0 Å². The van der Waals surface area contributed by atoms with Gasteiger partial charge in [0.1, 0.15) is 0 Å². The van der Waals surface area contributed by atoms with Crippen LogP contribution in [0.1, 0.15) is 43.2 Å². The molecule has 0 aliphatic heterocycles. The fourth-order valence-electron chi connectivity index (χ4n) is 2.91. The maximum absolute atomic E-state index is 5.94. The van der Waals surface area contributed by atoms with Crippen molar-refractivity contribution in [1.29, 1.82) is 0 Å². The van der Waals surface area contributed by atoms with Crippen molar-refractivity contribution >= 4 is 6.08 Å². The summed E-state index contributed by atoms with van der Waals surface area (Å²) < 4.78 is 5.13. The Labute approximate surface area is 116 Å². The third-order valence-corrected chi connectivity index (χ3v) is 4.01. The second-order valence-corrected chi connectivity index (χ2v) is 5.43. The molecule has 2 heteroatoms. The molecule has 0 unspecified atom stereocenters. The van der Waals surface area contributed by atoms with E-state index in [-0.39, 0.29) is 0 Å². The van der Waals surface area contributed by atoms with Crippen LogP contribution < -0.4 is 5.73 Å². The van der Waals surface area contributed by atoms with Gasteiger partial charge in [-0.05, 0) is 29.9 Å². The Kier molecular flexibility index (Phi) is 5.62. The van der Waals surface area contributed by atoms with Gasteiger partial charge < -0.3 is 10.5 Å². The van der Waals surface area contributed by atoms with Crippen molar-refractivity contribution in [2.45, 2.75) is 38.7 Å². The van der Waals surface area contributed by atoms with Crippen LogP contribution in [0.4, 0.5) is 0 Å². The maximum Gasteiger partial charge on any atom is 0.0713 e.